The lowest BCUT2D eigenvalue weighted by molar-refractivity contribution is -0.607. The van der Waals surface area contributed by atoms with Gasteiger partial charge in [-0.3, -0.25) is 4.79 Å². The fourth-order valence-corrected chi connectivity index (χ4v) is 2.45. The van der Waals surface area contributed by atoms with Gasteiger partial charge in [0.2, 0.25) is 0 Å². The summed E-state index contributed by atoms with van der Waals surface area (Å²) in [5.74, 6) is -0.335. The third-order valence-corrected chi connectivity index (χ3v) is 3.57. The molecule has 0 aliphatic heterocycles. The van der Waals surface area contributed by atoms with Crippen LogP contribution in [0.4, 0.5) is 0 Å². The average molecular weight is 278 g/mol. The maximum Gasteiger partial charge on any atom is 0.317 e. The van der Waals surface area contributed by atoms with Crippen molar-refractivity contribution < 1.29 is 14.3 Å². The zero-order valence-electron chi connectivity index (χ0n) is 11.7. The van der Waals surface area contributed by atoms with Crippen LogP contribution in [0.15, 0.2) is 24.4 Å². The number of nitrogens with one attached hydrogen (secondary N) is 1. The number of rotatable bonds is 6. The minimum absolute atomic E-state index is 0.126. The highest BCUT2D eigenvalue weighted by atomic mass is 16.5. The fourth-order valence-electron chi connectivity index (χ4n) is 2.45. The van der Waals surface area contributed by atoms with Gasteiger partial charge in [-0.15, -0.1) is 0 Å². The van der Waals surface area contributed by atoms with E-state index in [1.807, 2.05) is 0 Å². The molecule has 2 rings (SSSR count). The van der Waals surface area contributed by atoms with E-state index in [9.17, 15) is 10.0 Å². The van der Waals surface area contributed by atoms with Gasteiger partial charge in [0.15, 0.2) is 6.20 Å². The number of hydrogen-bond acceptors (Lipinski definition) is 3. The van der Waals surface area contributed by atoms with Crippen LogP contribution in [0.2, 0.25) is 0 Å². The number of hydrogen-bond donors (Lipinski definition) is 1. The van der Waals surface area contributed by atoms with Crippen LogP contribution >= 0.6 is 0 Å². The second kappa shape index (κ2) is 7.85. The molecule has 1 amide bonds. The van der Waals surface area contributed by atoms with Gasteiger partial charge in [0.25, 0.3) is 5.69 Å². The number of carbonyl (C=O) groups is 1. The van der Waals surface area contributed by atoms with Crippen molar-refractivity contribution in [1.29, 1.82) is 0 Å². The molecule has 0 unspecified atom stereocenters. The average Bonchev–Trinajstić information content (AvgIpc) is 2.48. The molecule has 0 aromatic carbocycles. The molecule has 20 heavy (non-hydrogen) atoms. The van der Waals surface area contributed by atoms with Gasteiger partial charge in [-0.1, -0.05) is 19.3 Å². The molecule has 0 spiro atoms. The molecule has 0 radical (unpaired) electrons. The normalized spacial score (nSPS) is 16.0. The van der Waals surface area contributed by atoms with Crippen molar-refractivity contribution in [3.63, 3.8) is 0 Å². The van der Waals surface area contributed by atoms with E-state index in [1.165, 1.54) is 31.5 Å². The summed E-state index contributed by atoms with van der Waals surface area (Å²) >= 11 is 0. The van der Waals surface area contributed by atoms with Crippen molar-refractivity contribution in [2.75, 3.05) is 13.2 Å². The minimum Gasteiger partial charge on any atom is -0.618 e. The Labute approximate surface area is 119 Å². The number of carbonyl (C=O) groups excluding carboxylic acids is 1. The van der Waals surface area contributed by atoms with E-state index in [0.29, 0.717) is 24.0 Å². The zero-order chi connectivity index (χ0) is 14.2. The minimum atomic E-state index is -0.335. The lowest BCUT2D eigenvalue weighted by Gasteiger charge is -2.21. The first-order valence-corrected chi connectivity index (χ1v) is 7.35. The summed E-state index contributed by atoms with van der Waals surface area (Å²) in [6, 6.07) is 4.79. The summed E-state index contributed by atoms with van der Waals surface area (Å²) in [5.41, 5.74) is 0.126. The fraction of sp³-hybridized carbons (Fsp3) is 0.600. The lowest BCUT2D eigenvalue weighted by atomic mass is 9.98. The van der Waals surface area contributed by atoms with E-state index in [2.05, 4.69) is 5.32 Å². The molecule has 1 aliphatic carbocycles. The molecule has 1 aromatic heterocycles. The summed E-state index contributed by atoms with van der Waals surface area (Å²) in [7, 11) is 0. The van der Waals surface area contributed by atoms with Crippen LogP contribution in [0.1, 0.15) is 49.0 Å². The van der Waals surface area contributed by atoms with Crippen LogP contribution in [0, 0.1) is 5.21 Å². The monoisotopic (exact) mass is 278 g/mol. The highest BCUT2D eigenvalue weighted by Gasteiger charge is 2.15. The van der Waals surface area contributed by atoms with Crippen LogP contribution in [-0.4, -0.2) is 25.2 Å². The molecular weight excluding hydrogens is 256 g/mol. The number of amides is 1. The molecule has 5 nitrogen and oxygen atoms in total. The van der Waals surface area contributed by atoms with Crippen molar-refractivity contribution >= 4 is 5.91 Å². The Morgan fingerprint density at radius 2 is 2.15 bits per heavy atom. The Kier molecular flexibility index (Phi) is 5.80. The molecule has 1 saturated carbocycles. The highest BCUT2D eigenvalue weighted by molar-refractivity contribution is 5.90. The quantitative estimate of drug-likeness (QED) is 0.490. The first-order chi connectivity index (χ1) is 9.77. The molecule has 1 aromatic rings. The molecule has 0 bridgehead atoms. The van der Waals surface area contributed by atoms with Crippen LogP contribution < -0.4 is 10.0 Å². The molecule has 1 heterocycles. The van der Waals surface area contributed by atoms with Gasteiger partial charge in [0.1, 0.15) is 0 Å². The summed E-state index contributed by atoms with van der Waals surface area (Å²) in [6.45, 7) is 1.19. The number of aromatic nitrogens is 1. The molecule has 1 fully saturated rings. The maximum absolute atomic E-state index is 11.8. The van der Waals surface area contributed by atoms with Gasteiger partial charge in [0, 0.05) is 25.3 Å². The predicted molar refractivity (Wildman–Crippen MR) is 75.2 cm³/mol. The van der Waals surface area contributed by atoms with Gasteiger partial charge < -0.3 is 15.3 Å². The van der Waals surface area contributed by atoms with Crippen LogP contribution in [0.5, 0.6) is 0 Å². The molecule has 1 N–H and O–H groups in total. The summed E-state index contributed by atoms with van der Waals surface area (Å²) in [4.78, 5) is 11.8. The summed E-state index contributed by atoms with van der Waals surface area (Å²) in [6.07, 6.45) is 8.66. The van der Waals surface area contributed by atoms with Gasteiger partial charge in [-0.05, 0) is 25.3 Å². The second-order valence-electron chi connectivity index (χ2n) is 5.15. The first-order valence-electron chi connectivity index (χ1n) is 7.35. The van der Waals surface area contributed by atoms with Crippen molar-refractivity contribution in [3.8, 4) is 0 Å². The Morgan fingerprint density at radius 3 is 2.90 bits per heavy atom. The van der Waals surface area contributed by atoms with Gasteiger partial charge in [0.05, 0.1) is 6.10 Å². The Hall–Kier alpha value is -1.62. The largest absolute Gasteiger partial charge is 0.618 e. The van der Waals surface area contributed by atoms with E-state index in [1.54, 1.807) is 12.1 Å². The van der Waals surface area contributed by atoms with Crippen LogP contribution in [0.3, 0.4) is 0 Å². The number of nitrogens with zero attached hydrogens (tertiary/aromatic N) is 1. The van der Waals surface area contributed by atoms with E-state index in [4.69, 9.17) is 4.74 Å². The Morgan fingerprint density at radius 1 is 1.35 bits per heavy atom. The Bertz CT molecular complexity index is 431. The number of pyridine rings is 1. The van der Waals surface area contributed by atoms with Crippen molar-refractivity contribution in [2.24, 2.45) is 0 Å². The molecule has 110 valence electrons. The summed E-state index contributed by atoms with van der Waals surface area (Å²) in [5, 5.41) is 14.1. The standard InChI is InChI=1S/C15H22N2O3/c18-15(14-9-4-5-11-17(14)19)16-10-6-12-20-13-7-2-1-3-8-13/h4-5,9,11,13H,1-3,6-8,10,12H2,(H,16,18). The smallest absolute Gasteiger partial charge is 0.317 e. The van der Waals surface area contributed by atoms with Gasteiger partial charge in [-0.25, -0.2) is 0 Å². The summed E-state index contributed by atoms with van der Waals surface area (Å²) < 4.78 is 6.35. The van der Waals surface area contributed by atoms with Crippen molar-refractivity contribution in [3.05, 3.63) is 35.3 Å². The van der Waals surface area contributed by atoms with Gasteiger partial charge >= 0.3 is 5.91 Å². The molecule has 1 aliphatic rings. The van der Waals surface area contributed by atoms with Crippen LogP contribution in [0.25, 0.3) is 0 Å². The van der Waals surface area contributed by atoms with Gasteiger partial charge in [-0.2, -0.15) is 4.73 Å². The lowest BCUT2D eigenvalue weighted by Crippen LogP contribution is -2.39. The topological polar surface area (TPSA) is 65.3 Å². The Balaban J connectivity index is 1.61. The van der Waals surface area contributed by atoms with E-state index >= 15 is 0 Å². The molecule has 5 heteroatoms. The SMILES string of the molecule is O=C(NCCCOC1CCCCC1)c1cccc[n+]1[O-]. The van der Waals surface area contributed by atoms with Crippen LogP contribution in [-0.2, 0) is 4.74 Å². The third kappa shape index (κ3) is 4.49. The highest BCUT2D eigenvalue weighted by Crippen LogP contribution is 2.20. The zero-order valence-corrected chi connectivity index (χ0v) is 11.7. The van der Waals surface area contributed by atoms with E-state index in [0.717, 1.165) is 19.3 Å². The van der Waals surface area contributed by atoms with Crippen molar-refractivity contribution in [2.45, 2.75) is 44.6 Å². The van der Waals surface area contributed by atoms with E-state index < -0.39 is 0 Å². The van der Waals surface area contributed by atoms with E-state index in [-0.39, 0.29) is 11.6 Å². The number of ether oxygens (including phenoxy) is 1. The third-order valence-electron chi connectivity index (χ3n) is 3.57. The maximum atomic E-state index is 11.8. The molecule has 0 saturated heterocycles. The van der Waals surface area contributed by atoms with Crippen molar-refractivity contribution in [1.82, 2.24) is 5.32 Å². The first kappa shape index (κ1) is 14.8. The second-order valence-corrected chi connectivity index (χ2v) is 5.15. The predicted octanol–water partition coefficient (Wildman–Crippen LogP) is 1.79. The molecular formula is C15H22N2O3. The molecule has 0 atom stereocenters.